The molecule has 0 N–H and O–H groups in total. The van der Waals surface area contributed by atoms with E-state index in [2.05, 4.69) is 0 Å². The fraction of sp³-hybridized carbons (Fsp3) is 0.933. The maximum Gasteiger partial charge on any atom is 1.00 e. The normalized spacial score (nSPS) is 16.5. The molecule has 4 unspecified atom stereocenters. The summed E-state index contributed by atoms with van der Waals surface area (Å²) in [5.74, 6) is -2.92. The third kappa shape index (κ3) is 16.5. The van der Waals surface area contributed by atoms with Crippen LogP contribution in [0.3, 0.4) is 0 Å². The number of hydrogen-bond donors (Lipinski definition) is 0. The summed E-state index contributed by atoms with van der Waals surface area (Å²) in [6.45, 7) is 15.6. The van der Waals surface area contributed by atoms with Crippen LogP contribution in [0, 0.1) is 23.7 Å². The van der Waals surface area contributed by atoms with Crippen LogP contribution in [0.2, 0.25) is 0 Å². The van der Waals surface area contributed by atoms with Gasteiger partial charge in [0.15, 0.2) is 0 Å². The van der Waals surface area contributed by atoms with E-state index in [1.165, 1.54) is 0 Å². The SMILES string of the molecule is CCCCC(C)C(C(C)CCCC)S(=O)(=O)OC(=O)CCC(=O)OS(=O)(=O)C(C(C)CCCC)C(C)CCCC.[H-].[Na+]. The average Bonchev–Trinajstić information content (AvgIpc) is 2.86. The summed E-state index contributed by atoms with van der Waals surface area (Å²) >= 11 is 0. The van der Waals surface area contributed by atoms with Gasteiger partial charge in [-0.2, -0.15) is 16.8 Å². The molecule has 0 aliphatic rings. The van der Waals surface area contributed by atoms with E-state index in [9.17, 15) is 26.4 Å². The largest absolute Gasteiger partial charge is 1.00 e. The van der Waals surface area contributed by atoms with Gasteiger partial charge in [-0.05, 0) is 49.4 Å². The molecule has 0 radical (unpaired) electrons. The quantitative estimate of drug-likeness (QED) is 0.117. The third-order valence-electron chi connectivity index (χ3n) is 7.91. The van der Waals surface area contributed by atoms with Crippen LogP contribution in [-0.4, -0.2) is 39.3 Å². The van der Waals surface area contributed by atoms with Crippen molar-refractivity contribution in [3.05, 3.63) is 0 Å². The summed E-state index contributed by atoms with van der Waals surface area (Å²) in [6.07, 6.45) is 8.87. The molecule has 0 saturated carbocycles. The van der Waals surface area contributed by atoms with Gasteiger partial charge in [-0.25, -0.2) is 0 Å². The molecule has 0 saturated heterocycles. The molecule has 0 aliphatic heterocycles. The summed E-state index contributed by atoms with van der Waals surface area (Å²) in [5.41, 5.74) is 0. The van der Waals surface area contributed by atoms with E-state index in [0.717, 1.165) is 51.4 Å². The molecule has 0 amide bonds. The Bertz CT molecular complexity index is 839. The van der Waals surface area contributed by atoms with E-state index in [1.807, 2.05) is 55.4 Å². The number of rotatable bonds is 23. The summed E-state index contributed by atoms with van der Waals surface area (Å²) in [5, 5.41) is -1.67. The van der Waals surface area contributed by atoms with Crippen molar-refractivity contribution in [1.82, 2.24) is 0 Å². The van der Waals surface area contributed by atoms with E-state index < -0.39 is 55.5 Å². The summed E-state index contributed by atoms with van der Waals surface area (Å²) in [6, 6.07) is 0. The monoisotopic (exact) mass is 634 g/mol. The van der Waals surface area contributed by atoms with E-state index in [4.69, 9.17) is 8.37 Å². The van der Waals surface area contributed by atoms with Crippen LogP contribution in [0.5, 0.6) is 0 Å². The van der Waals surface area contributed by atoms with Crippen molar-refractivity contribution in [2.24, 2.45) is 23.7 Å². The molecule has 41 heavy (non-hydrogen) atoms. The molecule has 0 heterocycles. The Hall–Kier alpha value is -0.160. The maximum absolute atomic E-state index is 13.2. The molecule has 0 aliphatic carbocycles. The van der Waals surface area contributed by atoms with Gasteiger partial charge in [0.05, 0.1) is 12.8 Å². The first kappa shape index (κ1) is 43.0. The van der Waals surface area contributed by atoms with Crippen LogP contribution in [0.4, 0.5) is 0 Å². The minimum Gasteiger partial charge on any atom is -1.00 e. The van der Waals surface area contributed by atoms with Crippen molar-refractivity contribution in [3.8, 4) is 0 Å². The van der Waals surface area contributed by atoms with Gasteiger partial charge >= 0.3 is 61.7 Å². The van der Waals surface area contributed by atoms with Gasteiger partial charge in [-0.1, -0.05) is 107 Å². The topological polar surface area (TPSA) is 121 Å². The molecule has 0 aromatic rings. The molecular weight excluding hydrogens is 575 g/mol. The number of unbranched alkanes of at least 4 members (excludes halogenated alkanes) is 4. The van der Waals surface area contributed by atoms with Crippen LogP contribution in [0.25, 0.3) is 0 Å². The van der Waals surface area contributed by atoms with Gasteiger partial charge in [0, 0.05) is 0 Å². The molecule has 11 heteroatoms. The van der Waals surface area contributed by atoms with Gasteiger partial charge in [-0.3, -0.25) is 9.59 Å². The second-order valence-corrected chi connectivity index (χ2v) is 15.2. The first-order valence-corrected chi connectivity index (χ1v) is 18.5. The van der Waals surface area contributed by atoms with Gasteiger partial charge in [-0.15, -0.1) is 0 Å². The average molecular weight is 635 g/mol. The van der Waals surface area contributed by atoms with E-state index in [-0.39, 0.29) is 54.7 Å². The van der Waals surface area contributed by atoms with E-state index >= 15 is 0 Å². The third-order valence-corrected chi connectivity index (χ3v) is 11.9. The van der Waals surface area contributed by atoms with Gasteiger partial charge in [0.25, 0.3) is 0 Å². The fourth-order valence-corrected chi connectivity index (χ4v) is 9.41. The standard InChI is InChI=1S/C30H58O8S2.Na.H/c1-9-13-17-23(5)29(24(6)18-14-10-2)39(33,34)37-27(31)21-22-28(32)38-40(35,36)30(25(7)19-15-11-3)26(8)20-16-12-4;;/h23-26,29-30H,9-22H2,1-8H3;;/q;+1;-1. The molecule has 0 rings (SSSR count). The second-order valence-electron chi connectivity index (χ2n) is 11.8. The zero-order valence-electron chi connectivity index (χ0n) is 28.4. The van der Waals surface area contributed by atoms with Gasteiger partial charge in [0.1, 0.15) is 10.5 Å². The summed E-state index contributed by atoms with van der Waals surface area (Å²) < 4.78 is 62.7. The molecule has 8 nitrogen and oxygen atoms in total. The minimum atomic E-state index is -4.24. The van der Waals surface area contributed by atoms with Crippen LogP contribution in [-0.2, 0) is 38.2 Å². The molecule has 0 bridgehead atoms. The smallest absolute Gasteiger partial charge is 1.00 e. The Kier molecular flexibility index (Phi) is 23.4. The molecule has 4 atom stereocenters. The summed E-state index contributed by atoms with van der Waals surface area (Å²) in [7, 11) is -8.48. The molecule has 0 aromatic carbocycles. The Morgan fingerprint density at radius 1 is 0.537 bits per heavy atom. The Labute approximate surface area is 275 Å². The van der Waals surface area contributed by atoms with Crippen LogP contribution in [0.15, 0.2) is 0 Å². The molecule has 0 aromatic heterocycles. The second kappa shape index (κ2) is 22.4. The van der Waals surface area contributed by atoms with Crippen LogP contribution >= 0.6 is 0 Å². The van der Waals surface area contributed by atoms with Crippen molar-refractivity contribution < 1.29 is 65.8 Å². The Balaban J connectivity index is -0.00000760. The molecule has 240 valence electrons. The summed E-state index contributed by atoms with van der Waals surface area (Å²) in [4.78, 5) is 25.1. The van der Waals surface area contributed by atoms with Crippen molar-refractivity contribution in [3.63, 3.8) is 0 Å². The maximum atomic E-state index is 13.2. The van der Waals surface area contributed by atoms with Crippen LogP contribution < -0.4 is 29.6 Å². The predicted octanol–water partition coefficient (Wildman–Crippen LogP) is 4.67. The van der Waals surface area contributed by atoms with Crippen molar-refractivity contribution in [2.45, 2.75) is 156 Å². The van der Waals surface area contributed by atoms with E-state index in [0.29, 0.717) is 25.7 Å². The first-order chi connectivity index (χ1) is 18.7. The number of carbonyl (C=O) groups excluding carboxylic acids is 2. The fourth-order valence-electron chi connectivity index (χ4n) is 5.68. The number of hydrogen-bond acceptors (Lipinski definition) is 8. The van der Waals surface area contributed by atoms with Crippen molar-refractivity contribution in [1.29, 1.82) is 0 Å². The van der Waals surface area contributed by atoms with Gasteiger partial charge < -0.3 is 9.79 Å². The zero-order chi connectivity index (χ0) is 30.9. The van der Waals surface area contributed by atoms with E-state index in [1.54, 1.807) is 0 Å². The van der Waals surface area contributed by atoms with Gasteiger partial charge in [0.2, 0.25) is 0 Å². The molecule has 0 spiro atoms. The molecular formula is C30H59NaO8S2. The Morgan fingerprint density at radius 2 is 0.756 bits per heavy atom. The minimum absolute atomic E-state index is 0. The number of carbonyl (C=O) groups is 2. The zero-order valence-corrected chi connectivity index (χ0v) is 31.1. The Morgan fingerprint density at radius 3 is 0.951 bits per heavy atom. The first-order valence-electron chi connectivity index (χ1n) is 15.6. The predicted molar refractivity (Wildman–Crippen MR) is 163 cm³/mol. The molecule has 0 fully saturated rings. The van der Waals surface area contributed by atoms with Crippen molar-refractivity contribution >= 4 is 32.2 Å². The van der Waals surface area contributed by atoms with Crippen LogP contribution in [0.1, 0.15) is 147 Å². The van der Waals surface area contributed by atoms with Crippen molar-refractivity contribution in [2.75, 3.05) is 0 Å².